The Morgan fingerprint density at radius 2 is 2.25 bits per heavy atom. The summed E-state index contributed by atoms with van der Waals surface area (Å²) >= 11 is 0. The summed E-state index contributed by atoms with van der Waals surface area (Å²) in [6, 6.07) is 0. The van der Waals surface area contributed by atoms with Crippen LogP contribution in [0.1, 0.15) is 26.7 Å². The minimum Gasteiger partial charge on any atom is -0.468 e. The molecule has 1 unspecified atom stereocenters. The van der Waals surface area contributed by atoms with Gasteiger partial charge in [-0.25, -0.2) is 0 Å². The van der Waals surface area contributed by atoms with Gasteiger partial charge in [0.25, 0.3) is 0 Å². The van der Waals surface area contributed by atoms with Crippen LogP contribution in [0.5, 0.6) is 0 Å². The van der Waals surface area contributed by atoms with Gasteiger partial charge in [0.1, 0.15) is 11.7 Å². The molecule has 0 aromatic carbocycles. The van der Waals surface area contributed by atoms with E-state index in [9.17, 15) is 9.59 Å². The van der Waals surface area contributed by atoms with E-state index in [0.29, 0.717) is 18.9 Å². The average Bonchev–Trinajstić information content (AvgIpc) is 2.27. The second-order valence-corrected chi connectivity index (χ2v) is 4.78. The molecule has 16 heavy (non-hydrogen) atoms. The van der Waals surface area contributed by atoms with Crippen LogP contribution in [0.3, 0.4) is 0 Å². The second-order valence-electron chi connectivity index (χ2n) is 4.78. The average molecular weight is 227 g/mol. The van der Waals surface area contributed by atoms with Crippen molar-refractivity contribution >= 4 is 11.8 Å². The lowest BCUT2D eigenvalue weighted by molar-refractivity contribution is -0.151. The van der Waals surface area contributed by atoms with E-state index in [1.807, 2.05) is 0 Å². The fraction of sp³-hybridized carbons (Fsp3) is 0.833. The zero-order valence-electron chi connectivity index (χ0n) is 10.4. The van der Waals surface area contributed by atoms with Crippen molar-refractivity contribution in [2.75, 3.05) is 26.7 Å². The lowest BCUT2D eigenvalue weighted by Gasteiger charge is -2.30. The van der Waals surface area contributed by atoms with Crippen LogP contribution in [0.4, 0.5) is 0 Å². The highest BCUT2D eigenvalue weighted by Crippen LogP contribution is 2.15. The Balaban J connectivity index is 2.47. The van der Waals surface area contributed by atoms with Gasteiger partial charge in [0.2, 0.25) is 0 Å². The van der Waals surface area contributed by atoms with Crippen LogP contribution in [0, 0.1) is 11.8 Å². The SMILES string of the molecule is COC(=O)C1CN(CCC(C)C)CCC1=O. The van der Waals surface area contributed by atoms with E-state index in [1.54, 1.807) is 0 Å². The molecule has 0 aliphatic carbocycles. The van der Waals surface area contributed by atoms with E-state index in [4.69, 9.17) is 0 Å². The van der Waals surface area contributed by atoms with Crippen LogP contribution < -0.4 is 0 Å². The summed E-state index contributed by atoms with van der Waals surface area (Å²) in [5.74, 6) is -0.285. The molecule has 0 spiro atoms. The highest BCUT2D eigenvalue weighted by molar-refractivity contribution is 5.99. The Labute approximate surface area is 96.9 Å². The maximum atomic E-state index is 11.6. The van der Waals surface area contributed by atoms with Gasteiger partial charge in [0.05, 0.1) is 7.11 Å². The predicted molar refractivity (Wildman–Crippen MR) is 61.0 cm³/mol. The minimum absolute atomic E-state index is 0.0210. The molecule has 0 N–H and O–H groups in total. The standard InChI is InChI=1S/C12H21NO3/c1-9(2)4-6-13-7-5-11(14)10(8-13)12(15)16-3/h9-10H,4-8H2,1-3H3. The van der Waals surface area contributed by atoms with Crippen LogP contribution in [-0.4, -0.2) is 43.4 Å². The fourth-order valence-corrected chi connectivity index (χ4v) is 1.89. The Hall–Kier alpha value is -0.900. The highest BCUT2D eigenvalue weighted by atomic mass is 16.5. The van der Waals surface area contributed by atoms with Gasteiger partial charge in [0.15, 0.2) is 0 Å². The first-order chi connectivity index (χ1) is 7.54. The summed E-state index contributed by atoms with van der Waals surface area (Å²) < 4.78 is 4.65. The fourth-order valence-electron chi connectivity index (χ4n) is 1.89. The predicted octanol–water partition coefficient (Wildman–Crippen LogP) is 1.10. The number of carbonyl (C=O) groups is 2. The molecule has 4 heteroatoms. The first-order valence-corrected chi connectivity index (χ1v) is 5.87. The third-order valence-corrected chi connectivity index (χ3v) is 3.01. The van der Waals surface area contributed by atoms with E-state index >= 15 is 0 Å². The third-order valence-electron chi connectivity index (χ3n) is 3.01. The molecule has 1 atom stereocenters. The summed E-state index contributed by atoms with van der Waals surface area (Å²) in [5, 5.41) is 0. The van der Waals surface area contributed by atoms with E-state index in [1.165, 1.54) is 7.11 Å². The number of likely N-dealkylation sites (tertiary alicyclic amines) is 1. The number of hydrogen-bond donors (Lipinski definition) is 0. The molecule has 0 radical (unpaired) electrons. The smallest absolute Gasteiger partial charge is 0.317 e. The van der Waals surface area contributed by atoms with Crippen molar-refractivity contribution in [2.45, 2.75) is 26.7 Å². The van der Waals surface area contributed by atoms with Gasteiger partial charge in [-0.05, 0) is 18.9 Å². The Kier molecular flexibility index (Phi) is 4.93. The van der Waals surface area contributed by atoms with Crippen LogP contribution in [0.15, 0.2) is 0 Å². The zero-order valence-corrected chi connectivity index (χ0v) is 10.4. The van der Waals surface area contributed by atoms with Crippen molar-refractivity contribution in [3.63, 3.8) is 0 Å². The van der Waals surface area contributed by atoms with Crippen molar-refractivity contribution in [3.05, 3.63) is 0 Å². The van der Waals surface area contributed by atoms with E-state index in [2.05, 4.69) is 23.5 Å². The molecule has 0 amide bonds. The van der Waals surface area contributed by atoms with Crippen LogP contribution in [0.2, 0.25) is 0 Å². The summed E-state index contributed by atoms with van der Waals surface area (Å²) in [5.41, 5.74) is 0. The zero-order chi connectivity index (χ0) is 12.1. The molecular formula is C12H21NO3. The van der Waals surface area contributed by atoms with Crippen LogP contribution in [-0.2, 0) is 14.3 Å². The monoisotopic (exact) mass is 227 g/mol. The number of piperidine rings is 1. The summed E-state index contributed by atoms with van der Waals surface area (Å²) in [7, 11) is 1.34. The van der Waals surface area contributed by atoms with Gasteiger partial charge < -0.3 is 9.64 Å². The number of ketones is 1. The molecule has 92 valence electrons. The van der Waals surface area contributed by atoms with Crippen molar-refractivity contribution in [1.29, 1.82) is 0 Å². The molecule has 1 heterocycles. The summed E-state index contributed by atoms with van der Waals surface area (Å²) in [6.07, 6.45) is 1.57. The summed E-state index contributed by atoms with van der Waals surface area (Å²) in [6.45, 7) is 6.61. The number of esters is 1. The number of nitrogens with zero attached hydrogens (tertiary/aromatic N) is 1. The largest absolute Gasteiger partial charge is 0.468 e. The topological polar surface area (TPSA) is 46.6 Å². The van der Waals surface area contributed by atoms with Gasteiger partial charge >= 0.3 is 5.97 Å². The Morgan fingerprint density at radius 1 is 1.56 bits per heavy atom. The molecule has 4 nitrogen and oxygen atoms in total. The van der Waals surface area contributed by atoms with Gasteiger partial charge in [-0.2, -0.15) is 0 Å². The molecular weight excluding hydrogens is 206 g/mol. The van der Waals surface area contributed by atoms with Crippen molar-refractivity contribution < 1.29 is 14.3 Å². The molecule has 0 aromatic rings. The quantitative estimate of drug-likeness (QED) is 0.533. The van der Waals surface area contributed by atoms with Crippen molar-refractivity contribution in [1.82, 2.24) is 4.90 Å². The highest BCUT2D eigenvalue weighted by Gasteiger charge is 2.33. The van der Waals surface area contributed by atoms with Gasteiger partial charge in [-0.3, -0.25) is 9.59 Å². The Bertz CT molecular complexity index is 255. The minimum atomic E-state index is -0.564. The van der Waals surface area contributed by atoms with Crippen LogP contribution >= 0.6 is 0 Å². The van der Waals surface area contributed by atoms with E-state index < -0.39 is 5.92 Å². The van der Waals surface area contributed by atoms with Gasteiger partial charge in [-0.15, -0.1) is 0 Å². The number of Topliss-reactive ketones (excluding diaryl/α,β-unsaturated/α-hetero) is 1. The third kappa shape index (κ3) is 3.59. The van der Waals surface area contributed by atoms with Gasteiger partial charge in [-0.1, -0.05) is 13.8 Å². The number of rotatable bonds is 4. The van der Waals surface area contributed by atoms with Crippen molar-refractivity contribution in [2.24, 2.45) is 11.8 Å². The number of methoxy groups -OCH3 is 1. The number of ether oxygens (including phenoxy) is 1. The lowest BCUT2D eigenvalue weighted by atomic mass is 9.96. The Morgan fingerprint density at radius 3 is 2.81 bits per heavy atom. The normalized spacial score (nSPS) is 22.5. The molecule has 0 saturated carbocycles. The number of hydrogen-bond acceptors (Lipinski definition) is 4. The molecule has 1 saturated heterocycles. The molecule has 0 bridgehead atoms. The first kappa shape index (κ1) is 13.2. The lowest BCUT2D eigenvalue weighted by Crippen LogP contribution is -2.45. The van der Waals surface area contributed by atoms with Gasteiger partial charge in [0, 0.05) is 19.5 Å². The van der Waals surface area contributed by atoms with E-state index in [0.717, 1.165) is 19.5 Å². The first-order valence-electron chi connectivity index (χ1n) is 5.87. The molecule has 1 aliphatic rings. The number of carbonyl (C=O) groups excluding carboxylic acids is 2. The maximum absolute atomic E-state index is 11.6. The molecule has 1 fully saturated rings. The molecule has 0 aromatic heterocycles. The van der Waals surface area contributed by atoms with Crippen LogP contribution in [0.25, 0.3) is 0 Å². The van der Waals surface area contributed by atoms with E-state index in [-0.39, 0.29) is 11.8 Å². The molecule has 1 aliphatic heterocycles. The molecule has 1 rings (SSSR count). The summed E-state index contributed by atoms with van der Waals surface area (Å²) in [4.78, 5) is 25.1. The maximum Gasteiger partial charge on any atom is 0.317 e. The van der Waals surface area contributed by atoms with Crippen molar-refractivity contribution in [3.8, 4) is 0 Å². The second kappa shape index (κ2) is 5.99.